The fraction of sp³-hybridized carbons (Fsp3) is 0.600. The first kappa shape index (κ1) is 28.5. The van der Waals surface area contributed by atoms with Crippen molar-refractivity contribution in [3.05, 3.63) is 58.5 Å². The monoisotopic (exact) mass is 527 g/mol. The highest BCUT2D eigenvalue weighted by Gasteiger charge is 2.37. The van der Waals surface area contributed by atoms with Gasteiger partial charge in [-0.1, -0.05) is 26.0 Å². The van der Waals surface area contributed by atoms with Gasteiger partial charge in [0, 0.05) is 38.5 Å². The van der Waals surface area contributed by atoms with Crippen molar-refractivity contribution >= 4 is 11.8 Å². The van der Waals surface area contributed by atoms with Crippen molar-refractivity contribution in [1.82, 2.24) is 9.88 Å². The number of aromatic nitrogens is 1. The summed E-state index contributed by atoms with van der Waals surface area (Å²) in [7, 11) is 0. The number of rotatable bonds is 10. The minimum atomic E-state index is -0.965. The van der Waals surface area contributed by atoms with Crippen LogP contribution >= 0.6 is 0 Å². The van der Waals surface area contributed by atoms with Crippen LogP contribution in [0.15, 0.2) is 30.3 Å². The minimum absolute atomic E-state index is 0.0161. The lowest BCUT2D eigenvalue weighted by molar-refractivity contribution is -0.143. The standard InChI is InChI=1S/C28H36FN3O4.C2H6/c29-20-9-11-23(25-7-4-16-36-25)24(17-20)26(28(33)34)32-14-12-22(18-32)35-15-2-1-6-21-10-8-19-5-3-13-30-27(19)31-21;1-2/h8-11,17,22,25-26H,1-7,12-16,18H2,(H,30,31)(H,33,34);1-2H3. The highest BCUT2D eigenvalue weighted by molar-refractivity contribution is 5.76. The molecule has 1 aromatic carbocycles. The molecular weight excluding hydrogens is 485 g/mol. The molecule has 3 aliphatic heterocycles. The number of anilines is 1. The van der Waals surface area contributed by atoms with Crippen LogP contribution in [0.3, 0.4) is 0 Å². The van der Waals surface area contributed by atoms with Crippen molar-refractivity contribution in [3.8, 4) is 0 Å². The molecule has 2 aromatic rings. The second kappa shape index (κ2) is 14.0. The molecule has 2 saturated heterocycles. The van der Waals surface area contributed by atoms with Gasteiger partial charge in [-0.25, -0.2) is 9.37 Å². The van der Waals surface area contributed by atoms with Gasteiger partial charge in [0.2, 0.25) is 0 Å². The number of carboxylic acid groups (broad SMARTS) is 1. The molecule has 7 nitrogen and oxygen atoms in total. The Kier molecular flexibility index (Phi) is 10.5. The summed E-state index contributed by atoms with van der Waals surface area (Å²) in [6.45, 7) is 7.41. The number of carboxylic acids is 1. The van der Waals surface area contributed by atoms with Crippen LogP contribution in [0.4, 0.5) is 10.2 Å². The number of nitrogens with zero attached hydrogens (tertiary/aromatic N) is 2. The number of ether oxygens (including phenoxy) is 2. The van der Waals surface area contributed by atoms with Crippen LogP contribution in [0.2, 0.25) is 0 Å². The van der Waals surface area contributed by atoms with Gasteiger partial charge in [-0.2, -0.15) is 0 Å². The van der Waals surface area contributed by atoms with Crippen molar-refractivity contribution in [1.29, 1.82) is 0 Å². The highest BCUT2D eigenvalue weighted by atomic mass is 19.1. The summed E-state index contributed by atoms with van der Waals surface area (Å²) >= 11 is 0. The number of fused-ring (bicyclic) bond motifs is 1. The molecule has 0 bridgehead atoms. The Morgan fingerprint density at radius 1 is 1.24 bits per heavy atom. The molecule has 0 aliphatic carbocycles. The molecule has 0 radical (unpaired) electrons. The third kappa shape index (κ3) is 7.10. The Hall–Kier alpha value is -2.55. The van der Waals surface area contributed by atoms with Crippen LogP contribution in [0.25, 0.3) is 0 Å². The van der Waals surface area contributed by atoms with Gasteiger partial charge in [0.1, 0.15) is 17.7 Å². The average Bonchev–Trinajstić information content (AvgIpc) is 3.63. The zero-order valence-electron chi connectivity index (χ0n) is 22.8. The van der Waals surface area contributed by atoms with E-state index in [0.29, 0.717) is 31.9 Å². The fourth-order valence-electron chi connectivity index (χ4n) is 5.68. The number of unbranched alkanes of at least 4 members (excludes halogenated alkanes) is 1. The van der Waals surface area contributed by atoms with E-state index in [0.717, 1.165) is 75.0 Å². The first-order chi connectivity index (χ1) is 18.6. The maximum atomic E-state index is 14.2. The van der Waals surface area contributed by atoms with E-state index in [1.54, 1.807) is 6.07 Å². The number of benzene rings is 1. The molecule has 2 N–H and O–H groups in total. The normalized spacial score (nSPS) is 21.8. The lowest BCUT2D eigenvalue weighted by atomic mass is 9.94. The summed E-state index contributed by atoms with van der Waals surface area (Å²) in [5, 5.41) is 13.5. The zero-order chi connectivity index (χ0) is 26.9. The molecule has 0 saturated carbocycles. The van der Waals surface area contributed by atoms with Crippen LogP contribution < -0.4 is 5.32 Å². The van der Waals surface area contributed by atoms with Gasteiger partial charge in [0.15, 0.2) is 0 Å². The number of halogens is 1. The van der Waals surface area contributed by atoms with Crippen molar-refractivity contribution in [2.45, 2.75) is 83.5 Å². The Morgan fingerprint density at radius 3 is 2.89 bits per heavy atom. The number of aliphatic carboxylic acids is 1. The third-order valence-electron chi connectivity index (χ3n) is 7.53. The largest absolute Gasteiger partial charge is 0.480 e. The summed E-state index contributed by atoms with van der Waals surface area (Å²) in [6, 6.07) is 7.87. The first-order valence-electron chi connectivity index (χ1n) is 14.3. The predicted octanol–water partition coefficient (Wildman–Crippen LogP) is 5.70. The molecule has 1 aromatic heterocycles. The van der Waals surface area contributed by atoms with Crippen LogP contribution in [0, 0.1) is 5.82 Å². The summed E-state index contributed by atoms with van der Waals surface area (Å²) in [6.07, 6.45) is 7.44. The minimum Gasteiger partial charge on any atom is -0.480 e. The quantitative estimate of drug-likeness (QED) is 0.384. The van der Waals surface area contributed by atoms with Crippen molar-refractivity contribution in [3.63, 3.8) is 0 Å². The topological polar surface area (TPSA) is 83.9 Å². The van der Waals surface area contributed by atoms with Gasteiger partial charge in [-0.15, -0.1) is 0 Å². The molecule has 8 heteroatoms. The SMILES string of the molecule is CC.O=C(O)C(c1cc(F)ccc1C1CCCO1)N1CCC(OCCCCc2ccc3c(n2)NCCC3)C1. The number of nitrogens with one attached hydrogen (secondary N) is 1. The van der Waals surface area contributed by atoms with E-state index in [1.807, 2.05) is 18.7 Å². The number of hydrogen-bond acceptors (Lipinski definition) is 6. The lowest BCUT2D eigenvalue weighted by Gasteiger charge is -2.28. The van der Waals surface area contributed by atoms with Gasteiger partial charge in [0.25, 0.3) is 0 Å². The van der Waals surface area contributed by atoms with E-state index in [2.05, 4.69) is 17.4 Å². The van der Waals surface area contributed by atoms with Crippen molar-refractivity contribution in [2.24, 2.45) is 0 Å². The molecule has 3 atom stereocenters. The molecule has 2 fully saturated rings. The van der Waals surface area contributed by atoms with Gasteiger partial charge in [-0.3, -0.25) is 9.69 Å². The number of pyridine rings is 1. The van der Waals surface area contributed by atoms with Gasteiger partial charge < -0.3 is 19.9 Å². The predicted molar refractivity (Wildman–Crippen MR) is 146 cm³/mol. The maximum absolute atomic E-state index is 14.2. The number of hydrogen-bond donors (Lipinski definition) is 2. The first-order valence-corrected chi connectivity index (χ1v) is 14.3. The summed E-state index contributed by atoms with van der Waals surface area (Å²) < 4.78 is 26.1. The van der Waals surface area contributed by atoms with E-state index in [4.69, 9.17) is 14.5 Å². The zero-order valence-corrected chi connectivity index (χ0v) is 22.8. The van der Waals surface area contributed by atoms with Gasteiger partial charge >= 0.3 is 5.97 Å². The highest BCUT2D eigenvalue weighted by Crippen LogP contribution is 2.37. The lowest BCUT2D eigenvalue weighted by Crippen LogP contribution is -2.34. The molecule has 5 rings (SSSR count). The second-order valence-corrected chi connectivity index (χ2v) is 10.1. The third-order valence-corrected chi connectivity index (χ3v) is 7.53. The summed E-state index contributed by atoms with van der Waals surface area (Å²) in [5.41, 5.74) is 3.70. The molecule has 3 aliphatic rings. The van der Waals surface area contributed by atoms with E-state index < -0.39 is 17.8 Å². The molecule has 3 unspecified atom stereocenters. The van der Waals surface area contributed by atoms with Crippen LogP contribution in [0.1, 0.15) is 86.9 Å². The molecule has 4 heterocycles. The second-order valence-electron chi connectivity index (χ2n) is 10.1. The molecular formula is C30H42FN3O4. The van der Waals surface area contributed by atoms with Crippen LogP contribution in [-0.4, -0.2) is 59.9 Å². The average molecular weight is 528 g/mol. The molecule has 208 valence electrons. The fourth-order valence-corrected chi connectivity index (χ4v) is 5.68. The van der Waals surface area contributed by atoms with E-state index >= 15 is 0 Å². The summed E-state index contributed by atoms with van der Waals surface area (Å²) in [5.74, 6) is -0.350. The van der Waals surface area contributed by atoms with E-state index in [1.165, 1.54) is 17.7 Å². The van der Waals surface area contributed by atoms with Crippen LogP contribution in [-0.2, 0) is 27.1 Å². The smallest absolute Gasteiger partial charge is 0.325 e. The Balaban J connectivity index is 0.00000164. The molecule has 0 spiro atoms. The Bertz CT molecular complexity index is 1060. The molecule has 38 heavy (non-hydrogen) atoms. The van der Waals surface area contributed by atoms with Crippen LogP contribution in [0.5, 0.6) is 0 Å². The van der Waals surface area contributed by atoms with E-state index in [9.17, 15) is 14.3 Å². The summed E-state index contributed by atoms with van der Waals surface area (Å²) in [4.78, 5) is 19.0. The van der Waals surface area contributed by atoms with E-state index in [-0.39, 0.29) is 12.2 Å². The van der Waals surface area contributed by atoms with Gasteiger partial charge in [0.05, 0.1) is 12.2 Å². The maximum Gasteiger partial charge on any atom is 0.325 e. The molecule has 0 amide bonds. The van der Waals surface area contributed by atoms with Crippen molar-refractivity contribution < 1.29 is 23.8 Å². The number of aryl methyl sites for hydroxylation is 2. The van der Waals surface area contributed by atoms with Gasteiger partial charge in [-0.05, 0) is 86.3 Å². The Labute approximate surface area is 225 Å². The van der Waals surface area contributed by atoms with Crippen molar-refractivity contribution in [2.75, 3.05) is 38.2 Å². The number of carbonyl (C=O) groups is 1. The Morgan fingerprint density at radius 2 is 2.11 bits per heavy atom. The number of likely N-dealkylation sites (tertiary alicyclic amines) is 1.